The van der Waals surface area contributed by atoms with E-state index in [1.54, 1.807) is 18.7 Å². The standard InChI is InChI=1S/C19H22N6O2S/c1-2-25-18(16-4-3-13-27-16)21-22-19(25)28-14-17(26)24-11-9-23(10-12-24)15-5-7-20-8-6-15/h3-8,13H,2,9-12,14H2,1H3. The molecule has 1 aliphatic rings. The van der Waals surface area contributed by atoms with Gasteiger partial charge in [-0.05, 0) is 31.2 Å². The van der Waals surface area contributed by atoms with Gasteiger partial charge in [-0.15, -0.1) is 10.2 Å². The first-order valence-electron chi connectivity index (χ1n) is 9.29. The molecule has 0 N–H and O–H groups in total. The number of furan rings is 1. The molecule has 0 aromatic carbocycles. The maximum atomic E-state index is 12.7. The van der Waals surface area contributed by atoms with Gasteiger partial charge >= 0.3 is 0 Å². The molecule has 0 radical (unpaired) electrons. The predicted molar refractivity (Wildman–Crippen MR) is 107 cm³/mol. The highest BCUT2D eigenvalue weighted by molar-refractivity contribution is 7.99. The summed E-state index contributed by atoms with van der Waals surface area (Å²) in [4.78, 5) is 20.9. The Bertz CT molecular complexity index is 904. The van der Waals surface area contributed by atoms with E-state index in [2.05, 4.69) is 20.1 Å². The smallest absolute Gasteiger partial charge is 0.233 e. The number of nitrogens with zero attached hydrogens (tertiary/aromatic N) is 6. The van der Waals surface area contributed by atoms with Gasteiger partial charge < -0.3 is 14.2 Å². The summed E-state index contributed by atoms with van der Waals surface area (Å²) < 4.78 is 7.40. The Kier molecular flexibility index (Phi) is 5.61. The van der Waals surface area contributed by atoms with Crippen LogP contribution in [0.5, 0.6) is 0 Å². The number of anilines is 1. The van der Waals surface area contributed by atoms with E-state index in [4.69, 9.17) is 4.42 Å². The van der Waals surface area contributed by atoms with Gasteiger partial charge in [0.25, 0.3) is 0 Å². The molecule has 8 nitrogen and oxygen atoms in total. The monoisotopic (exact) mass is 398 g/mol. The molecule has 4 heterocycles. The van der Waals surface area contributed by atoms with Crippen molar-refractivity contribution in [3.63, 3.8) is 0 Å². The SMILES string of the molecule is CCn1c(SCC(=O)N2CCN(c3ccncc3)CC2)nnc1-c1ccco1. The van der Waals surface area contributed by atoms with E-state index >= 15 is 0 Å². The molecule has 4 rings (SSSR count). The molecule has 0 atom stereocenters. The third kappa shape index (κ3) is 3.89. The molecule has 0 spiro atoms. The minimum Gasteiger partial charge on any atom is -0.461 e. The summed E-state index contributed by atoms with van der Waals surface area (Å²) in [5.41, 5.74) is 1.15. The highest BCUT2D eigenvalue weighted by Gasteiger charge is 2.22. The molecule has 28 heavy (non-hydrogen) atoms. The van der Waals surface area contributed by atoms with Crippen LogP contribution in [0.3, 0.4) is 0 Å². The number of rotatable bonds is 6. The summed E-state index contributed by atoms with van der Waals surface area (Å²) in [5, 5.41) is 9.20. The van der Waals surface area contributed by atoms with Gasteiger partial charge in [-0.3, -0.25) is 14.3 Å². The Balaban J connectivity index is 1.33. The molecule has 0 unspecified atom stereocenters. The second-order valence-corrected chi connectivity index (χ2v) is 7.33. The molecule has 0 saturated carbocycles. The van der Waals surface area contributed by atoms with Crippen LogP contribution in [0.4, 0.5) is 5.69 Å². The van der Waals surface area contributed by atoms with Crippen LogP contribution in [0.15, 0.2) is 52.5 Å². The highest BCUT2D eigenvalue weighted by atomic mass is 32.2. The average Bonchev–Trinajstić information content (AvgIpc) is 3.42. The maximum Gasteiger partial charge on any atom is 0.233 e. The molecule has 1 amide bonds. The largest absolute Gasteiger partial charge is 0.461 e. The molecule has 0 bridgehead atoms. The number of hydrogen-bond donors (Lipinski definition) is 0. The van der Waals surface area contributed by atoms with Crippen LogP contribution in [0, 0.1) is 0 Å². The summed E-state index contributed by atoms with van der Waals surface area (Å²) in [6.07, 6.45) is 5.21. The fraction of sp³-hybridized carbons (Fsp3) is 0.368. The number of carbonyl (C=O) groups excluding carboxylic acids is 1. The Morgan fingerprint density at radius 3 is 2.61 bits per heavy atom. The topological polar surface area (TPSA) is 80.3 Å². The fourth-order valence-corrected chi connectivity index (χ4v) is 4.16. The number of amides is 1. The van der Waals surface area contributed by atoms with E-state index in [-0.39, 0.29) is 5.91 Å². The highest BCUT2D eigenvalue weighted by Crippen LogP contribution is 2.24. The molecule has 146 valence electrons. The molecule has 9 heteroatoms. The third-order valence-electron chi connectivity index (χ3n) is 4.76. The van der Waals surface area contributed by atoms with Gasteiger partial charge in [0.1, 0.15) is 0 Å². The van der Waals surface area contributed by atoms with Gasteiger partial charge in [-0.25, -0.2) is 0 Å². The second kappa shape index (κ2) is 8.47. The number of thioether (sulfide) groups is 1. The zero-order chi connectivity index (χ0) is 19.3. The van der Waals surface area contributed by atoms with Crippen LogP contribution in [-0.2, 0) is 11.3 Å². The summed E-state index contributed by atoms with van der Waals surface area (Å²) in [6, 6.07) is 7.69. The van der Waals surface area contributed by atoms with Crippen molar-refractivity contribution in [2.75, 3.05) is 36.8 Å². The second-order valence-electron chi connectivity index (χ2n) is 6.39. The summed E-state index contributed by atoms with van der Waals surface area (Å²) >= 11 is 1.42. The minimum atomic E-state index is 0.129. The van der Waals surface area contributed by atoms with Gasteiger partial charge in [0.15, 0.2) is 16.7 Å². The quantitative estimate of drug-likeness (QED) is 0.590. The zero-order valence-electron chi connectivity index (χ0n) is 15.7. The summed E-state index contributed by atoms with van der Waals surface area (Å²) in [6.45, 7) is 5.84. The molecule has 3 aromatic rings. The predicted octanol–water partition coefficient (Wildman–Crippen LogP) is 2.39. The lowest BCUT2D eigenvalue weighted by atomic mass is 10.2. The molecule has 0 aliphatic carbocycles. The zero-order valence-corrected chi connectivity index (χ0v) is 16.5. The van der Waals surface area contributed by atoms with Crippen molar-refractivity contribution in [2.45, 2.75) is 18.6 Å². The van der Waals surface area contributed by atoms with E-state index in [1.165, 1.54) is 11.8 Å². The van der Waals surface area contributed by atoms with E-state index in [1.807, 2.05) is 40.7 Å². The summed E-state index contributed by atoms with van der Waals surface area (Å²) in [5.74, 6) is 1.85. The van der Waals surface area contributed by atoms with Crippen molar-refractivity contribution in [1.29, 1.82) is 0 Å². The van der Waals surface area contributed by atoms with Crippen LogP contribution >= 0.6 is 11.8 Å². The number of piperazine rings is 1. The van der Waals surface area contributed by atoms with Crippen LogP contribution in [0.2, 0.25) is 0 Å². The van der Waals surface area contributed by atoms with Crippen molar-refractivity contribution in [2.24, 2.45) is 0 Å². The molecule has 3 aromatic heterocycles. The van der Waals surface area contributed by atoms with E-state index in [9.17, 15) is 4.79 Å². The van der Waals surface area contributed by atoms with Crippen LogP contribution in [-0.4, -0.2) is 62.5 Å². The molecule has 1 aliphatic heterocycles. The van der Waals surface area contributed by atoms with E-state index in [0.29, 0.717) is 23.9 Å². The van der Waals surface area contributed by atoms with Gasteiger partial charge in [0.05, 0.1) is 12.0 Å². The maximum absolute atomic E-state index is 12.7. The lowest BCUT2D eigenvalue weighted by Crippen LogP contribution is -2.49. The minimum absolute atomic E-state index is 0.129. The van der Waals surface area contributed by atoms with Crippen molar-refractivity contribution in [1.82, 2.24) is 24.6 Å². The Morgan fingerprint density at radius 1 is 1.14 bits per heavy atom. The molecular formula is C19H22N6O2S. The van der Waals surface area contributed by atoms with Gasteiger partial charge in [-0.2, -0.15) is 0 Å². The molecule has 1 saturated heterocycles. The van der Waals surface area contributed by atoms with Crippen LogP contribution in [0.25, 0.3) is 11.6 Å². The van der Waals surface area contributed by atoms with Crippen molar-refractivity contribution >= 4 is 23.4 Å². The number of pyridine rings is 1. The first kappa shape index (κ1) is 18.5. The van der Waals surface area contributed by atoms with Crippen LogP contribution in [0.1, 0.15) is 6.92 Å². The van der Waals surface area contributed by atoms with E-state index < -0.39 is 0 Å². The number of hydrogen-bond acceptors (Lipinski definition) is 7. The normalized spacial score (nSPS) is 14.5. The first-order chi connectivity index (χ1) is 13.8. The van der Waals surface area contributed by atoms with Crippen molar-refractivity contribution in [3.8, 4) is 11.6 Å². The lowest BCUT2D eigenvalue weighted by Gasteiger charge is -2.36. The average molecular weight is 398 g/mol. The first-order valence-corrected chi connectivity index (χ1v) is 10.3. The van der Waals surface area contributed by atoms with Crippen molar-refractivity contribution in [3.05, 3.63) is 42.9 Å². The molecule has 1 fully saturated rings. The number of aromatic nitrogens is 4. The Hall–Kier alpha value is -2.81. The Labute approximate surface area is 167 Å². The number of carbonyl (C=O) groups is 1. The van der Waals surface area contributed by atoms with Gasteiger partial charge in [-0.1, -0.05) is 11.8 Å². The van der Waals surface area contributed by atoms with E-state index in [0.717, 1.165) is 37.0 Å². The van der Waals surface area contributed by atoms with Crippen molar-refractivity contribution < 1.29 is 9.21 Å². The fourth-order valence-electron chi connectivity index (χ4n) is 3.26. The Morgan fingerprint density at radius 2 is 1.93 bits per heavy atom. The molecular weight excluding hydrogens is 376 g/mol. The van der Waals surface area contributed by atoms with Crippen LogP contribution < -0.4 is 4.90 Å². The lowest BCUT2D eigenvalue weighted by molar-refractivity contribution is -0.128. The van der Waals surface area contributed by atoms with Gasteiger partial charge in [0, 0.05) is 50.8 Å². The van der Waals surface area contributed by atoms with Gasteiger partial charge in [0.2, 0.25) is 5.91 Å². The summed E-state index contributed by atoms with van der Waals surface area (Å²) in [7, 11) is 0. The third-order valence-corrected chi connectivity index (χ3v) is 5.71.